The first-order chi connectivity index (χ1) is 5.27. The molecule has 0 atom stereocenters. The Morgan fingerprint density at radius 2 is 2.36 bits per heavy atom. The molecule has 3 N–H and O–H groups in total. The first-order valence-electron chi connectivity index (χ1n) is 3.16. The third-order valence-corrected chi connectivity index (χ3v) is 1.81. The second-order valence-electron chi connectivity index (χ2n) is 2.27. The molecule has 0 aliphatic carbocycles. The van der Waals surface area contributed by atoms with E-state index in [1.165, 1.54) is 0 Å². The van der Waals surface area contributed by atoms with E-state index in [4.69, 9.17) is 17.3 Å². The van der Waals surface area contributed by atoms with Gasteiger partial charge in [0, 0.05) is 11.6 Å². The summed E-state index contributed by atoms with van der Waals surface area (Å²) in [6.07, 6.45) is 1.78. The number of hydrogen-bond acceptors (Lipinski definition) is 2. The van der Waals surface area contributed by atoms with Gasteiger partial charge in [-0.05, 0) is 12.1 Å². The summed E-state index contributed by atoms with van der Waals surface area (Å²) in [5.41, 5.74) is 6.20. The molecule has 0 saturated carbocycles. The topological polar surface area (TPSA) is 54.7 Å². The number of pyridine rings is 1. The van der Waals surface area contributed by atoms with Gasteiger partial charge >= 0.3 is 0 Å². The Morgan fingerprint density at radius 1 is 1.55 bits per heavy atom. The van der Waals surface area contributed by atoms with Crippen LogP contribution in [0, 0.1) is 0 Å². The summed E-state index contributed by atoms with van der Waals surface area (Å²) in [6, 6.07) is 3.50. The van der Waals surface area contributed by atoms with E-state index in [0.717, 1.165) is 11.0 Å². The molecule has 0 saturated heterocycles. The molecule has 11 heavy (non-hydrogen) atoms. The molecular formula is C7H6ClN3. The molecule has 4 heteroatoms. The number of nitrogens with one attached hydrogen (secondary N) is 1. The van der Waals surface area contributed by atoms with Crippen LogP contribution in [-0.4, -0.2) is 9.97 Å². The van der Waals surface area contributed by atoms with Crippen LogP contribution in [0.5, 0.6) is 0 Å². The molecule has 0 bridgehead atoms. The van der Waals surface area contributed by atoms with Gasteiger partial charge in [-0.2, -0.15) is 0 Å². The van der Waals surface area contributed by atoms with E-state index in [9.17, 15) is 0 Å². The molecule has 0 amide bonds. The summed E-state index contributed by atoms with van der Waals surface area (Å²) in [5, 5.41) is 1.54. The fraction of sp³-hybridized carbons (Fsp3) is 0. The number of H-pyrrole nitrogens is 1. The molecule has 2 heterocycles. The summed E-state index contributed by atoms with van der Waals surface area (Å²) in [4.78, 5) is 6.96. The van der Waals surface area contributed by atoms with Crippen LogP contribution in [0.4, 0.5) is 5.82 Å². The number of nitrogen functional groups attached to an aromatic ring is 1. The molecule has 2 aromatic rings. The molecule has 0 radical (unpaired) electrons. The fourth-order valence-electron chi connectivity index (χ4n) is 1.01. The lowest BCUT2D eigenvalue weighted by atomic mass is 10.3. The van der Waals surface area contributed by atoms with Crippen LogP contribution in [0.1, 0.15) is 0 Å². The molecule has 56 valence electrons. The van der Waals surface area contributed by atoms with Crippen molar-refractivity contribution in [3.63, 3.8) is 0 Å². The quantitative estimate of drug-likeness (QED) is 0.629. The normalized spacial score (nSPS) is 10.6. The number of aromatic amines is 1. The van der Waals surface area contributed by atoms with Gasteiger partial charge in [0.2, 0.25) is 0 Å². The van der Waals surface area contributed by atoms with Crippen molar-refractivity contribution in [2.24, 2.45) is 0 Å². The zero-order valence-corrected chi connectivity index (χ0v) is 6.39. The Balaban J connectivity index is 2.91. The van der Waals surface area contributed by atoms with Gasteiger partial charge in [-0.25, -0.2) is 4.98 Å². The molecule has 3 nitrogen and oxygen atoms in total. The first-order valence-corrected chi connectivity index (χ1v) is 3.54. The molecule has 0 spiro atoms. The van der Waals surface area contributed by atoms with Crippen LogP contribution in [0.3, 0.4) is 0 Å². The third-order valence-electron chi connectivity index (χ3n) is 1.50. The Morgan fingerprint density at radius 3 is 3.18 bits per heavy atom. The van der Waals surface area contributed by atoms with Crippen molar-refractivity contribution in [2.75, 3.05) is 5.73 Å². The lowest BCUT2D eigenvalue weighted by Crippen LogP contribution is -1.89. The summed E-state index contributed by atoms with van der Waals surface area (Å²) in [7, 11) is 0. The Bertz CT molecular complexity index is 393. The molecular weight excluding hydrogens is 162 g/mol. The van der Waals surface area contributed by atoms with E-state index in [2.05, 4.69) is 9.97 Å². The largest absolute Gasteiger partial charge is 0.384 e. The highest BCUT2D eigenvalue weighted by Crippen LogP contribution is 2.22. The summed E-state index contributed by atoms with van der Waals surface area (Å²) >= 11 is 5.86. The zero-order chi connectivity index (χ0) is 7.84. The maximum absolute atomic E-state index is 5.86. The maximum Gasteiger partial charge on any atom is 0.141 e. The van der Waals surface area contributed by atoms with E-state index in [1.807, 2.05) is 6.07 Å². The van der Waals surface area contributed by atoms with E-state index in [-0.39, 0.29) is 0 Å². The van der Waals surface area contributed by atoms with Crippen LogP contribution < -0.4 is 5.73 Å². The standard InChI is InChI=1S/C7H6ClN3/c8-5-3-6(9)11-7-4(5)1-2-10-7/h1-3H,(H3,9,10,11). The van der Waals surface area contributed by atoms with Crippen LogP contribution >= 0.6 is 11.6 Å². The van der Waals surface area contributed by atoms with Gasteiger partial charge in [0.05, 0.1) is 5.02 Å². The molecule has 0 aliphatic rings. The minimum absolute atomic E-state index is 0.435. The van der Waals surface area contributed by atoms with Gasteiger partial charge in [0.1, 0.15) is 11.5 Å². The first kappa shape index (κ1) is 6.49. The highest BCUT2D eigenvalue weighted by atomic mass is 35.5. The second-order valence-corrected chi connectivity index (χ2v) is 2.68. The van der Waals surface area contributed by atoms with Crippen molar-refractivity contribution in [3.8, 4) is 0 Å². The fourth-order valence-corrected chi connectivity index (χ4v) is 1.28. The van der Waals surface area contributed by atoms with E-state index in [0.29, 0.717) is 10.8 Å². The van der Waals surface area contributed by atoms with E-state index in [1.54, 1.807) is 12.3 Å². The number of rotatable bonds is 0. The predicted molar refractivity (Wildman–Crippen MR) is 45.5 cm³/mol. The highest BCUT2D eigenvalue weighted by Gasteiger charge is 2.01. The minimum Gasteiger partial charge on any atom is -0.384 e. The number of anilines is 1. The Kier molecular flexibility index (Phi) is 1.26. The van der Waals surface area contributed by atoms with Crippen molar-refractivity contribution in [1.82, 2.24) is 9.97 Å². The number of nitrogens with zero attached hydrogens (tertiary/aromatic N) is 1. The summed E-state index contributed by atoms with van der Waals surface area (Å²) in [5.74, 6) is 0.435. The van der Waals surface area contributed by atoms with Crippen molar-refractivity contribution in [3.05, 3.63) is 23.4 Å². The molecule has 0 unspecified atom stereocenters. The average Bonchev–Trinajstić information content (AvgIpc) is 2.34. The zero-order valence-electron chi connectivity index (χ0n) is 5.63. The SMILES string of the molecule is Nc1cc(Cl)c2cc[nH]c2n1. The number of nitrogens with two attached hydrogens (primary N) is 1. The smallest absolute Gasteiger partial charge is 0.141 e. The highest BCUT2D eigenvalue weighted by molar-refractivity contribution is 6.35. The van der Waals surface area contributed by atoms with Gasteiger partial charge in [0.25, 0.3) is 0 Å². The van der Waals surface area contributed by atoms with Gasteiger partial charge in [-0.3, -0.25) is 0 Å². The number of hydrogen-bond donors (Lipinski definition) is 2. The van der Waals surface area contributed by atoms with Crippen molar-refractivity contribution < 1.29 is 0 Å². The molecule has 0 aliphatic heterocycles. The third kappa shape index (κ3) is 0.935. The lowest BCUT2D eigenvalue weighted by molar-refractivity contribution is 1.33. The number of fused-ring (bicyclic) bond motifs is 1. The number of aromatic nitrogens is 2. The van der Waals surface area contributed by atoms with Gasteiger partial charge in [-0.1, -0.05) is 11.6 Å². The average molecular weight is 168 g/mol. The van der Waals surface area contributed by atoms with E-state index >= 15 is 0 Å². The van der Waals surface area contributed by atoms with Crippen molar-refractivity contribution >= 4 is 28.5 Å². The Hall–Kier alpha value is -1.22. The van der Waals surface area contributed by atoms with Crippen LogP contribution in [0.15, 0.2) is 18.3 Å². The van der Waals surface area contributed by atoms with Crippen LogP contribution in [-0.2, 0) is 0 Å². The van der Waals surface area contributed by atoms with Crippen molar-refractivity contribution in [1.29, 1.82) is 0 Å². The minimum atomic E-state index is 0.435. The predicted octanol–water partition coefficient (Wildman–Crippen LogP) is 1.80. The Labute approximate surface area is 68.2 Å². The van der Waals surface area contributed by atoms with Crippen molar-refractivity contribution in [2.45, 2.75) is 0 Å². The van der Waals surface area contributed by atoms with Crippen LogP contribution in [0.25, 0.3) is 11.0 Å². The molecule has 2 rings (SSSR count). The number of halogens is 1. The van der Waals surface area contributed by atoms with E-state index < -0.39 is 0 Å². The van der Waals surface area contributed by atoms with Gasteiger partial charge in [-0.15, -0.1) is 0 Å². The monoisotopic (exact) mass is 167 g/mol. The lowest BCUT2D eigenvalue weighted by Gasteiger charge is -1.94. The molecule has 2 aromatic heterocycles. The van der Waals surface area contributed by atoms with Gasteiger partial charge < -0.3 is 10.7 Å². The second kappa shape index (κ2) is 2.13. The van der Waals surface area contributed by atoms with Gasteiger partial charge in [0.15, 0.2) is 0 Å². The van der Waals surface area contributed by atoms with Crippen LogP contribution in [0.2, 0.25) is 5.02 Å². The summed E-state index contributed by atoms with van der Waals surface area (Å²) in [6.45, 7) is 0. The maximum atomic E-state index is 5.86. The summed E-state index contributed by atoms with van der Waals surface area (Å²) < 4.78 is 0. The molecule has 0 fully saturated rings. The molecule has 0 aromatic carbocycles.